The Morgan fingerprint density at radius 1 is 0.875 bits per heavy atom. The van der Waals surface area contributed by atoms with Crippen LogP contribution in [0.1, 0.15) is 25.3 Å². The van der Waals surface area contributed by atoms with Crippen LogP contribution in [0.5, 0.6) is 0 Å². The molecular formula is C12H25O3Zr-. The summed E-state index contributed by atoms with van der Waals surface area (Å²) in [5.41, 5.74) is 1.48. The summed E-state index contributed by atoms with van der Waals surface area (Å²) < 4.78 is 0. The summed E-state index contributed by atoms with van der Waals surface area (Å²) in [5, 5.41) is 21.0. The van der Waals surface area contributed by atoms with Crippen LogP contribution in [0.15, 0.2) is 24.3 Å². The van der Waals surface area contributed by atoms with Gasteiger partial charge in [-0.2, -0.15) is 17.7 Å². The first-order valence-electron chi connectivity index (χ1n) is 4.98. The zero-order valence-electron chi connectivity index (χ0n) is 10.8. The Kier molecular flexibility index (Phi) is 46.1. The average molecular weight is 309 g/mol. The minimum atomic E-state index is 0. The Bertz CT molecular complexity index is 153. The van der Waals surface area contributed by atoms with Crippen molar-refractivity contribution in [2.24, 2.45) is 0 Å². The van der Waals surface area contributed by atoms with Crippen LogP contribution in [0.2, 0.25) is 0 Å². The van der Waals surface area contributed by atoms with E-state index in [4.69, 9.17) is 15.3 Å². The van der Waals surface area contributed by atoms with Gasteiger partial charge in [0, 0.05) is 47.5 Å². The second-order valence-electron chi connectivity index (χ2n) is 2.40. The molecule has 0 spiro atoms. The third-order valence-corrected chi connectivity index (χ3v) is 1.55. The largest absolute Gasteiger partial charge is 0.400 e. The van der Waals surface area contributed by atoms with Gasteiger partial charge in [0.05, 0.1) is 0 Å². The molecule has 4 heteroatoms. The molecule has 1 rings (SSSR count). The summed E-state index contributed by atoms with van der Waals surface area (Å²) in [6.07, 6.45) is 3.87. The molecule has 1 aromatic rings. The maximum absolute atomic E-state index is 7.00. The number of hydrogen-bond acceptors (Lipinski definition) is 3. The molecule has 0 saturated carbocycles. The van der Waals surface area contributed by atoms with Gasteiger partial charge in [0.25, 0.3) is 0 Å². The van der Waals surface area contributed by atoms with Crippen molar-refractivity contribution >= 4 is 0 Å². The van der Waals surface area contributed by atoms with E-state index in [9.17, 15) is 0 Å². The van der Waals surface area contributed by atoms with Crippen LogP contribution in [0.3, 0.4) is 0 Å². The topological polar surface area (TPSA) is 60.7 Å². The smallest absolute Gasteiger partial charge is 0.0319 e. The number of unbranched alkanes of at least 4 members (excludes halogenated alkanes) is 1. The molecule has 0 amide bonds. The van der Waals surface area contributed by atoms with E-state index >= 15 is 0 Å². The predicted octanol–water partition coefficient (Wildman–Crippen LogP) is 1.57. The first-order chi connectivity index (χ1) is 7.43. The van der Waals surface area contributed by atoms with E-state index in [2.05, 4.69) is 31.2 Å². The summed E-state index contributed by atoms with van der Waals surface area (Å²) in [4.78, 5) is 0. The molecule has 1 aromatic carbocycles. The Labute approximate surface area is 119 Å². The molecule has 0 atom stereocenters. The van der Waals surface area contributed by atoms with E-state index in [-0.39, 0.29) is 26.2 Å². The standard InChI is InChI=1S/C9H13.3CH4O.Zr/c1-2-3-6-9-7-4-5-8-9;3*1-2;/h4-5,7-8H,2-3,6H2,1H3;3*2H,1H3;/q-1;;;;. The maximum Gasteiger partial charge on any atom is 0.0319 e. The molecule has 0 radical (unpaired) electrons. The zero-order chi connectivity index (χ0) is 12.5. The third-order valence-electron chi connectivity index (χ3n) is 1.55. The van der Waals surface area contributed by atoms with Crippen molar-refractivity contribution in [1.82, 2.24) is 0 Å². The van der Waals surface area contributed by atoms with Crippen molar-refractivity contribution in [2.45, 2.75) is 26.2 Å². The molecule has 0 bridgehead atoms. The minimum absolute atomic E-state index is 0. The van der Waals surface area contributed by atoms with Gasteiger partial charge in [0.2, 0.25) is 0 Å². The molecule has 3 N–H and O–H groups in total. The van der Waals surface area contributed by atoms with E-state index < -0.39 is 0 Å². The fourth-order valence-corrected chi connectivity index (χ4v) is 0.961. The second-order valence-corrected chi connectivity index (χ2v) is 2.40. The van der Waals surface area contributed by atoms with E-state index in [1.54, 1.807) is 0 Å². The van der Waals surface area contributed by atoms with Gasteiger partial charge in [0.15, 0.2) is 0 Å². The maximum atomic E-state index is 7.00. The zero-order valence-corrected chi connectivity index (χ0v) is 13.2. The average Bonchev–Trinajstić information content (AvgIpc) is 2.87. The molecule has 0 unspecified atom stereocenters. The van der Waals surface area contributed by atoms with Gasteiger partial charge in [-0.05, 0) is 0 Å². The number of aliphatic hydroxyl groups is 3. The van der Waals surface area contributed by atoms with Crippen molar-refractivity contribution in [2.75, 3.05) is 21.3 Å². The van der Waals surface area contributed by atoms with Crippen LogP contribution in [0.25, 0.3) is 0 Å². The van der Waals surface area contributed by atoms with Gasteiger partial charge >= 0.3 is 0 Å². The van der Waals surface area contributed by atoms with Crippen LogP contribution in [0.4, 0.5) is 0 Å². The normalized spacial score (nSPS) is 6.69. The quantitative estimate of drug-likeness (QED) is 0.743. The van der Waals surface area contributed by atoms with Crippen LogP contribution in [0, 0.1) is 0 Å². The van der Waals surface area contributed by atoms with Crippen molar-refractivity contribution in [3.63, 3.8) is 0 Å². The molecule has 0 aliphatic carbocycles. The molecule has 0 heterocycles. The van der Waals surface area contributed by atoms with Crippen molar-refractivity contribution in [1.29, 1.82) is 0 Å². The fraction of sp³-hybridized carbons (Fsp3) is 0.583. The molecule has 16 heavy (non-hydrogen) atoms. The summed E-state index contributed by atoms with van der Waals surface area (Å²) in [7, 11) is 3.00. The first-order valence-corrected chi connectivity index (χ1v) is 4.98. The number of aliphatic hydroxyl groups excluding tert-OH is 3. The summed E-state index contributed by atoms with van der Waals surface area (Å²) in [6.45, 7) is 2.23. The Morgan fingerprint density at radius 2 is 1.25 bits per heavy atom. The minimum Gasteiger partial charge on any atom is -0.400 e. The molecule has 96 valence electrons. The molecular weight excluding hydrogens is 283 g/mol. The molecule has 0 aromatic heterocycles. The number of aryl methyl sites for hydroxylation is 1. The predicted molar refractivity (Wildman–Crippen MR) is 65.1 cm³/mol. The Hall–Kier alpha value is 0.113. The Balaban J connectivity index is -0.0000000900. The van der Waals surface area contributed by atoms with E-state index in [1.807, 2.05) is 0 Å². The molecule has 3 nitrogen and oxygen atoms in total. The summed E-state index contributed by atoms with van der Waals surface area (Å²) in [6, 6.07) is 8.58. The van der Waals surface area contributed by atoms with Gasteiger partial charge in [0.1, 0.15) is 0 Å². The van der Waals surface area contributed by atoms with E-state index in [0.29, 0.717) is 0 Å². The summed E-state index contributed by atoms with van der Waals surface area (Å²) >= 11 is 0. The SMILES string of the molecule is CCCC[c-]1cccc1.CO.CO.CO.[Zr]. The first kappa shape index (κ1) is 25.1. The van der Waals surface area contributed by atoms with Crippen LogP contribution in [-0.4, -0.2) is 36.6 Å². The molecule has 0 aliphatic rings. The molecule has 0 aliphatic heterocycles. The van der Waals surface area contributed by atoms with Gasteiger partial charge < -0.3 is 15.3 Å². The fourth-order valence-electron chi connectivity index (χ4n) is 0.961. The van der Waals surface area contributed by atoms with Gasteiger partial charge in [-0.25, -0.2) is 12.1 Å². The second kappa shape index (κ2) is 29.4. The monoisotopic (exact) mass is 307 g/mol. The number of rotatable bonds is 3. The van der Waals surface area contributed by atoms with Crippen LogP contribution < -0.4 is 0 Å². The van der Waals surface area contributed by atoms with Crippen LogP contribution in [-0.2, 0) is 32.6 Å². The van der Waals surface area contributed by atoms with Gasteiger partial charge in [-0.3, -0.25) is 0 Å². The van der Waals surface area contributed by atoms with Crippen molar-refractivity contribution in [3.8, 4) is 0 Å². The molecule has 0 fully saturated rings. The van der Waals surface area contributed by atoms with Crippen molar-refractivity contribution in [3.05, 3.63) is 29.8 Å². The van der Waals surface area contributed by atoms with Crippen LogP contribution >= 0.6 is 0 Å². The van der Waals surface area contributed by atoms with Crippen molar-refractivity contribution < 1.29 is 41.5 Å². The van der Waals surface area contributed by atoms with Gasteiger partial charge in [-0.15, -0.1) is 0 Å². The molecule has 0 saturated heterocycles. The third kappa shape index (κ3) is 19.7. The van der Waals surface area contributed by atoms with Gasteiger partial charge in [-0.1, -0.05) is 26.2 Å². The van der Waals surface area contributed by atoms with E-state index in [0.717, 1.165) is 21.3 Å². The number of hydrogen-bond donors (Lipinski definition) is 3. The van der Waals surface area contributed by atoms with E-state index in [1.165, 1.54) is 24.8 Å². The Morgan fingerprint density at radius 3 is 1.56 bits per heavy atom. The summed E-state index contributed by atoms with van der Waals surface area (Å²) in [5.74, 6) is 0.